The maximum Gasteiger partial charge on any atom is 0.0894 e. The summed E-state index contributed by atoms with van der Waals surface area (Å²) < 4.78 is 1.81. The molecule has 5 nitrogen and oxygen atoms in total. The van der Waals surface area contributed by atoms with E-state index in [1.165, 1.54) is 12.8 Å². The predicted molar refractivity (Wildman–Crippen MR) is 80.1 cm³/mol. The lowest BCUT2D eigenvalue weighted by molar-refractivity contribution is 0.190. The summed E-state index contributed by atoms with van der Waals surface area (Å²) in [6.07, 6.45) is 5.92. The van der Waals surface area contributed by atoms with Crippen LogP contribution in [0.4, 0.5) is 5.69 Å². The lowest BCUT2D eigenvalue weighted by atomic mass is 9.98. The molecule has 1 fully saturated rings. The second-order valence-electron chi connectivity index (χ2n) is 5.56. The summed E-state index contributed by atoms with van der Waals surface area (Å²) in [7, 11) is 2.20. The quantitative estimate of drug-likeness (QED) is 0.929. The van der Waals surface area contributed by atoms with Crippen molar-refractivity contribution in [1.29, 1.82) is 0 Å². The minimum absolute atomic E-state index is 0.519. The van der Waals surface area contributed by atoms with Crippen molar-refractivity contribution in [3.8, 4) is 5.69 Å². The lowest BCUT2D eigenvalue weighted by Crippen LogP contribution is -2.42. The van der Waals surface area contributed by atoms with E-state index in [-0.39, 0.29) is 0 Å². The van der Waals surface area contributed by atoms with Gasteiger partial charge in [0.15, 0.2) is 0 Å². The van der Waals surface area contributed by atoms with Gasteiger partial charge in [-0.05, 0) is 38.9 Å². The highest BCUT2D eigenvalue weighted by Crippen LogP contribution is 2.24. The van der Waals surface area contributed by atoms with Crippen molar-refractivity contribution in [1.82, 2.24) is 19.9 Å². The van der Waals surface area contributed by atoms with Gasteiger partial charge in [0.1, 0.15) is 0 Å². The van der Waals surface area contributed by atoms with Crippen LogP contribution in [-0.4, -0.2) is 45.6 Å². The number of hydrogen-bond donors (Lipinski definition) is 1. The van der Waals surface area contributed by atoms with Gasteiger partial charge < -0.3 is 10.2 Å². The topological polar surface area (TPSA) is 46.0 Å². The molecule has 2 unspecified atom stereocenters. The summed E-state index contributed by atoms with van der Waals surface area (Å²) in [5.74, 6) is 0. The molecule has 1 aromatic heterocycles. The molecule has 2 heterocycles. The van der Waals surface area contributed by atoms with Gasteiger partial charge >= 0.3 is 0 Å². The van der Waals surface area contributed by atoms with Crippen LogP contribution in [0, 0.1) is 0 Å². The highest BCUT2D eigenvalue weighted by molar-refractivity contribution is 5.61. The van der Waals surface area contributed by atoms with Crippen LogP contribution in [0.25, 0.3) is 5.69 Å². The third kappa shape index (κ3) is 2.67. The molecule has 1 aromatic carbocycles. The van der Waals surface area contributed by atoms with Crippen LogP contribution >= 0.6 is 0 Å². The number of nitrogens with one attached hydrogen (secondary N) is 1. The van der Waals surface area contributed by atoms with Crippen LogP contribution < -0.4 is 5.32 Å². The number of para-hydroxylation sites is 2. The minimum Gasteiger partial charge on any atom is -0.380 e. The van der Waals surface area contributed by atoms with E-state index in [0.717, 1.165) is 17.9 Å². The van der Waals surface area contributed by atoms with Crippen LogP contribution in [-0.2, 0) is 0 Å². The van der Waals surface area contributed by atoms with Gasteiger partial charge in [-0.25, -0.2) is 4.68 Å². The number of nitrogens with zero attached hydrogens (tertiary/aromatic N) is 4. The summed E-state index contributed by atoms with van der Waals surface area (Å²) in [5.41, 5.74) is 2.18. The number of anilines is 1. The monoisotopic (exact) mass is 271 g/mol. The number of hydrogen-bond acceptors (Lipinski definition) is 4. The molecule has 0 spiro atoms. The van der Waals surface area contributed by atoms with Crippen LogP contribution in [0.15, 0.2) is 36.7 Å². The Bertz CT molecular complexity index is 551. The standard InChI is InChI=1S/C15H21N5/c1-12-11-13(7-9-19(12)2)17-14-5-3-4-6-15(14)20-10-8-16-18-20/h3-6,8,10,12-13,17H,7,9,11H2,1-2H3. The van der Waals surface area contributed by atoms with Gasteiger partial charge in [-0.1, -0.05) is 17.3 Å². The average molecular weight is 271 g/mol. The third-order valence-electron chi connectivity index (χ3n) is 4.14. The smallest absolute Gasteiger partial charge is 0.0894 e. The van der Waals surface area contributed by atoms with Gasteiger partial charge in [0.2, 0.25) is 0 Å². The van der Waals surface area contributed by atoms with E-state index >= 15 is 0 Å². The average Bonchev–Trinajstić information content (AvgIpc) is 2.97. The molecule has 1 N–H and O–H groups in total. The molecule has 0 radical (unpaired) electrons. The second-order valence-corrected chi connectivity index (χ2v) is 5.56. The van der Waals surface area contributed by atoms with Crippen LogP contribution in [0.5, 0.6) is 0 Å². The maximum absolute atomic E-state index is 4.09. The number of aromatic nitrogens is 3. The first-order valence-corrected chi connectivity index (χ1v) is 7.16. The number of piperidine rings is 1. The van der Waals surface area contributed by atoms with E-state index in [4.69, 9.17) is 0 Å². The SMILES string of the molecule is CC1CC(Nc2ccccc2-n2ccnn2)CCN1C. The molecule has 0 aliphatic carbocycles. The Hall–Kier alpha value is -1.88. The number of likely N-dealkylation sites (tertiary alicyclic amines) is 1. The Morgan fingerprint density at radius 3 is 2.90 bits per heavy atom. The van der Waals surface area contributed by atoms with E-state index < -0.39 is 0 Å². The number of rotatable bonds is 3. The summed E-state index contributed by atoms with van der Waals surface area (Å²) in [5, 5.41) is 11.6. The van der Waals surface area contributed by atoms with Gasteiger partial charge in [0, 0.05) is 18.6 Å². The normalized spacial score (nSPS) is 23.7. The van der Waals surface area contributed by atoms with Crippen LogP contribution in [0.2, 0.25) is 0 Å². The fraction of sp³-hybridized carbons (Fsp3) is 0.467. The second kappa shape index (κ2) is 5.63. The van der Waals surface area contributed by atoms with Crippen molar-refractivity contribution in [2.45, 2.75) is 31.8 Å². The van der Waals surface area contributed by atoms with E-state index in [1.807, 2.05) is 12.3 Å². The first-order valence-electron chi connectivity index (χ1n) is 7.16. The highest BCUT2D eigenvalue weighted by atomic mass is 15.4. The molecule has 0 amide bonds. The van der Waals surface area contributed by atoms with Gasteiger partial charge in [0.05, 0.1) is 23.8 Å². The van der Waals surface area contributed by atoms with Crippen molar-refractivity contribution in [3.05, 3.63) is 36.7 Å². The highest BCUT2D eigenvalue weighted by Gasteiger charge is 2.23. The number of benzene rings is 1. The van der Waals surface area contributed by atoms with Crippen molar-refractivity contribution in [2.24, 2.45) is 0 Å². The molecule has 2 aromatic rings. The summed E-state index contributed by atoms with van der Waals surface area (Å²) in [4.78, 5) is 2.42. The van der Waals surface area contributed by atoms with Crippen LogP contribution in [0.1, 0.15) is 19.8 Å². The lowest BCUT2D eigenvalue weighted by Gasteiger charge is -2.36. The zero-order valence-electron chi connectivity index (χ0n) is 12.0. The van der Waals surface area contributed by atoms with Crippen LogP contribution in [0.3, 0.4) is 0 Å². The molecular weight excluding hydrogens is 250 g/mol. The summed E-state index contributed by atoms with van der Waals surface area (Å²) in [6.45, 7) is 3.43. The molecule has 0 bridgehead atoms. The zero-order chi connectivity index (χ0) is 13.9. The zero-order valence-corrected chi connectivity index (χ0v) is 12.0. The van der Waals surface area contributed by atoms with Gasteiger partial charge in [-0.15, -0.1) is 5.10 Å². The van der Waals surface area contributed by atoms with Gasteiger partial charge in [-0.2, -0.15) is 0 Å². The molecule has 20 heavy (non-hydrogen) atoms. The Morgan fingerprint density at radius 1 is 1.30 bits per heavy atom. The van der Waals surface area contributed by atoms with Gasteiger partial charge in [-0.3, -0.25) is 0 Å². The van der Waals surface area contributed by atoms with Crippen molar-refractivity contribution in [2.75, 3.05) is 18.9 Å². The van der Waals surface area contributed by atoms with E-state index in [2.05, 4.69) is 52.7 Å². The van der Waals surface area contributed by atoms with Crippen molar-refractivity contribution in [3.63, 3.8) is 0 Å². The largest absolute Gasteiger partial charge is 0.380 e. The Labute approximate surface area is 119 Å². The molecule has 106 valence electrons. The summed E-state index contributed by atoms with van der Waals surface area (Å²) >= 11 is 0. The Morgan fingerprint density at radius 2 is 2.15 bits per heavy atom. The Kier molecular flexibility index (Phi) is 3.69. The van der Waals surface area contributed by atoms with Gasteiger partial charge in [0.25, 0.3) is 0 Å². The van der Waals surface area contributed by atoms with Crippen molar-refractivity contribution < 1.29 is 0 Å². The molecule has 1 aliphatic heterocycles. The fourth-order valence-electron chi connectivity index (χ4n) is 2.77. The molecule has 1 aliphatic rings. The first kappa shape index (κ1) is 13.1. The molecule has 3 rings (SSSR count). The summed E-state index contributed by atoms with van der Waals surface area (Å²) in [6, 6.07) is 9.40. The Balaban J connectivity index is 1.78. The predicted octanol–water partition coefficient (Wildman–Crippen LogP) is 2.16. The van der Waals surface area contributed by atoms with E-state index in [0.29, 0.717) is 12.1 Å². The molecule has 0 saturated carbocycles. The minimum atomic E-state index is 0.519. The fourth-order valence-corrected chi connectivity index (χ4v) is 2.77. The molecule has 5 heteroatoms. The van der Waals surface area contributed by atoms with Crippen molar-refractivity contribution >= 4 is 5.69 Å². The molecular formula is C15H21N5. The van der Waals surface area contributed by atoms with E-state index in [9.17, 15) is 0 Å². The maximum atomic E-state index is 4.09. The third-order valence-corrected chi connectivity index (χ3v) is 4.14. The molecule has 1 saturated heterocycles. The van der Waals surface area contributed by atoms with E-state index in [1.54, 1.807) is 10.9 Å². The first-order chi connectivity index (χ1) is 9.74. The molecule has 2 atom stereocenters.